The molecule has 0 bridgehead atoms. The molecule has 1 atom stereocenters. The molecule has 0 radical (unpaired) electrons. The van der Waals surface area contributed by atoms with Gasteiger partial charge in [-0.25, -0.2) is 14.5 Å². The van der Waals surface area contributed by atoms with Crippen molar-refractivity contribution in [2.45, 2.75) is 38.6 Å². The van der Waals surface area contributed by atoms with Crippen LogP contribution in [0, 0.1) is 5.41 Å². The fourth-order valence-electron chi connectivity index (χ4n) is 4.17. The van der Waals surface area contributed by atoms with E-state index in [4.69, 9.17) is 10.1 Å². The van der Waals surface area contributed by atoms with Crippen molar-refractivity contribution in [2.24, 2.45) is 0 Å². The van der Waals surface area contributed by atoms with Crippen molar-refractivity contribution in [3.8, 4) is 11.1 Å². The van der Waals surface area contributed by atoms with Gasteiger partial charge < -0.3 is 20.5 Å². The number of fused-ring (bicyclic) bond motifs is 3. The minimum atomic E-state index is -1.22. The van der Waals surface area contributed by atoms with E-state index in [1.807, 2.05) is 48.5 Å². The highest BCUT2D eigenvalue weighted by Gasteiger charge is 2.29. The van der Waals surface area contributed by atoms with Gasteiger partial charge in [0.05, 0.1) is 0 Å². The first kappa shape index (κ1) is 25.4. The zero-order chi connectivity index (χ0) is 25.5. The van der Waals surface area contributed by atoms with Crippen LogP contribution in [0.2, 0.25) is 0 Å². The van der Waals surface area contributed by atoms with E-state index in [0.29, 0.717) is 4.90 Å². The molecule has 184 valence electrons. The predicted octanol–water partition coefficient (Wildman–Crippen LogP) is 2.68. The zero-order valence-electron chi connectivity index (χ0n) is 19.5. The number of nitrogens with one attached hydrogen (secondary N) is 3. The minimum absolute atomic E-state index is 0.0555. The van der Waals surface area contributed by atoms with Crippen molar-refractivity contribution in [3.63, 3.8) is 0 Å². The Morgan fingerprint density at radius 2 is 1.54 bits per heavy atom. The number of carbonyl (C=O) groups excluding carboxylic acids is 3. The summed E-state index contributed by atoms with van der Waals surface area (Å²) >= 11 is 0. The molecule has 1 aliphatic carbocycles. The lowest BCUT2D eigenvalue weighted by molar-refractivity contribution is -0.140. The van der Waals surface area contributed by atoms with Crippen molar-refractivity contribution in [1.29, 1.82) is 5.41 Å². The van der Waals surface area contributed by atoms with Gasteiger partial charge in [0.1, 0.15) is 12.6 Å². The van der Waals surface area contributed by atoms with E-state index in [-0.39, 0.29) is 37.9 Å². The van der Waals surface area contributed by atoms with Gasteiger partial charge in [-0.3, -0.25) is 15.0 Å². The summed E-state index contributed by atoms with van der Waals surface area (Å²) in [6, 6.07) is 14.6. The Labute approximate surface area is 202 Å². The number of ether oxygens (including phenoxy) is 1. The molecule has 0 aromatic heterocycles. The van der Waals surface area contributed by atoms with Gasteiger partial charge in [0.15, 0.2) is 0 Å². The van der Waals surface area contributed by atoms with Crippen molar-refractivity contribution in [1.82, 2.24) is 15.5 Å². The summed E-state index contributed by atoms with van der Waals surface area (Å²) in [5, 5.41) is 22.3. The van der Waals surface area contributed by atoms with E-state index < -0.39 is 29.9 Å². The number of alkyl carbamates (subject to hydrolysis) is 1. The maximum atomic E-state index is 12.4. The number of hydrogen-bond acceptors (Lipinski definition) is 6. The molecule has 10 heteroatoms. The van der Waals surface area contributed by atoms with Gasteiger partial charge in [-0.2, -0.15) is 0 Å². The van der Waals surface area contributed by atoms with Crippen molar-refractivity contribution < 1.29 is 29.0 Å². The molecule has 0 saturated carbocycles. The third kappa shape index (κ3) is 6.03. The Balaban J connectivity index is 1.51. The molecule has 0 heterocycles. The van der Waals surface area contributed by atoms with Crippen molar-refractivity contribution in [3.05, 3.63) is 59.7 Å². The number of amides is 3. The predicted molar refractivity (Wildman–Crippen MR) is 128 cm³/mol. The van der Waals surface area contributed by atoms with Gasteiger partial charge in [-0.05, 0) is 35.1 Å². The van der Waals surface area contributed by atoms with E-state index in [1.54, 1.807) is 0 Å². The number of benzene rings is 2. The molecule has 4 N–H and O–H groups in total. The number of guanidine groups is 1. The zero-order valence-corrected chi connectivity index (χ0v) is 19.5. The van der Waals surface area contributed by atoms with Gasteiger partial charge in [0.2, 0.25) is 17.8 Å². The van der Waals surface area contributed by atoms with Crippen LogP contribution in [-0.4, -0.2) is 59.0 Å². The monoisotopic (exact) mass is 480 g/mol. The number of nitrogens with zero attached hydrogens (tertiary/aromatic N) is 1. The van der Waals surface area contributed by atoms with E-state index in [1.165, 1.54) is 0 Å². The van der Waals surface area contributed by atoms with Gasteiger partial charge in [-0.1, -0.05) is 48.5 Å². The lowest BCUT2D eigenvalue weighted by Crippen LogP contribution is -2.46. The molecule has 3 amide bonds. The molecule has 0 unspecified atom stereocenters. The normalized spacial score (nSPS) is 12.6. The molecule has 0 fully saturated rings. The van der Waals surface area contributed by atoms with Crippen LogP contribution in [0.3, 0.4) is 0 Å². The highest BCUT2D eigenvalue weighted by molar-refractivity contribution is 6.09. The summed E-state index contributed by atoms with van der Waals surface area (Å²) in [5.41, 5.74) is 4.28. The number of carboxylic acids is 1. The summed E-state index contributed by atoms with van der Waals surface area (Å²) in [6.45, 7) is 2.52. The van der Waals surface area contributed by atoms with Crippen LogP contribution >= 0.6 is 0 Å². The Morgan fingerprint density at radius 1 is 1.00 bits per heavy atom. The first-order chi connectivity index (χ1) is 16.7. The lowest BCUT2D eigenvalue weighted by Gasteiger charge is -2.20. The lowest BCUT2D eigenvalue weighted by atomic mass is 9.98. The van der Waals surface area contributed by atoms with Crippen molar-refractivity contribution in [2.75, 3.05) is 13.2 Å². The molecule has 2 aromatic rings. The number of carboxylic acid groups (broad SMARTS) is 1. The van der Waals surface area contributed by atoms with Gasteiger partial charge in [0.25, 0.3) is 0 Å². The number of hydrogen-bond donors (Lipinski definition) is 4. The Morgan fingerprint density at radius 3 is 2.06 bits per heavy atom. The molecule has 2 aromatic carbocycles. The molecule has 10 nitrogen and oxygen atoms in total. The third-order valence-corrected chi connectivity index (χ3v) is 5.75. The quantitative estimate of drug-likeness (QED) is 0.258. The largest absolute Gasteiger partial charge is 0.480 e. The molecule has 3 rings (SSSR count). The Hall–Kier alpha value is -4.21. The maximum absolute atomic E-state index is 12.4. The summed E-state index contributed by atoms with van der Waals surface area (Å²) in [4.78, 5) is 47.6. The standard InChI is InChI=1S/C25H28N4O6/c1-15(30)29(16(2)31)24(26)27-13-7-12-22(23(32)33)28-25(34)35-14-21-19-10-5-3-8-17(19)18-9-4-6-11-20(18)21/h3-6,8-11,21-22H,7,12-14H2,1-2H3,(H2,26,27)(H,28,34)(H,32,33)/t22-/m0/s1. The van der Waals surface area contributed by atoms with Crippen LogP contribution in [0.25, 0.3) is 11.1 Å². The topological polar surface area (TPSA) is 149 Å². The number of aliphatic carboxylic acids is 1. The second-order valence-corrected chi connectivity index (χ2v) is 8.15. The van der Waals surface area contributed by atoms with Gasteiger partial charge in [-0.15, -0.1) is 0 Å². The van der Waals surface area contributed by atoms with Crippen molar-refractivity contribution >= 4 is 29.8 Å². The number of rotatable bonds is 8. The van der Waals surface area contributed by atoms with E-state index in [0.717, 1.165) is 36.1 Å². The van der Waals surface area contributed by atoms with Crippen LogP contribution in [0.1, 0.15) is 43.7 Å². The minimum Gasteiger partial charge on any atom is -0.480 e. The average Bonchev–Trinajstić information content (AvgIpc) is 3.12. The van der Waals surface area contributed by atoms with Gasteiger partial charge in [0, 0.05) is 26.3 Å². The first-order valence-corrected chi connectivity index (χ1v) is 11.2. The molecule has 1 aliphatic rings. The third-order valence-electron chi connectivity index (χ3n) is 5.75. The smallest absolute Gasteiger partial charge is 0.407 e. The second kappa shape index (κ2) is 11.3. The van der Waals surface area contributed by atoms with E-state index in [2.05, 4.69) is 10.6 Å². The average molecular weight is 481 g/mol. The Kier molecular flexibility index (Phi) is 8.19. The fourth-order valence-corrected chi connectivity index (χ4v) is 4.17. The second-order valence-electron chi connectivity index (χ2n) is 8.15. The maximum Gasteiger partial charge on any atom is 0.407 e. The molecular weight excluding hydrogens is 452 g/mol. The number of imide groups is 1. The van der Waals surface area contributed by atoms with E-state index in [9.17, 15) is 24.3 Å². The fraction of sp³-hybridized carbons (Fsp3) is 0.320. The van der Waals surface area contributed by atoms with E-state index >= 15 is 0 Å². The first-order valence-electron chi connectivity index (χ1n) is 11.2. The van der Waals surface area contributed by atoms with Crippen LogP contribution in [0.5, 0.6) is 0 Å². The molecule has 0 aliphatic heterocycles. The summed E-state index contributed by atoms with van der Waals surface area (Å²) in [5.74, 6) is -2.95. The highest BCUT2D eigenvalue weighted by Crippen LogP contribution is 2.44. The van der Waals surface area contributed by atoms with Crippen LogP contribution in [-0.2, 0) is 19.1 Å². The van der Waals surface area contributed by atoms with Crippen LogP contribution < -0.4 is 10.6 Å². The van der Waals surface area contributed by atoms with Gasteiger partial charge >= 0.3 is 12.1 Å². The Bertz CT molecular complexity index is 1090. The highest BCUT2D eigenvalue weighted by atomic mass is 16.5. The molecular formula is C25H28N4O6. The molecule has 35 heavy (non-hydrogen) atoms. The summed E-state index contributed by atoms with van der Waals surface area (Å²) in [6.07, 6.45) is -0.522. The molecule has 0 spiro atoms. The van der Waals surface area contributed by atoms with Crippen LogP contribution in [0.15, 0.2) is 48.5 Å². The van der Waals surface area contributed by atoms with Crippen LogP contribution in [0.4, 0.5) is 4.79 Å². The molecule has 0 saturated heterocycles. The summed E-state index contributed by atoms with van der Waals surface area (Å²) < 4.78 is 5.40. The number of carbonyl (C=O) groups is 4. The summed E-state index contributed by atoms with van der Waals surface area (Å²) in [7, 11) is 0. The SMILES string of the molecule is CC(=O)N(C(=N)NCCC[C@H](NC(=O)OCC1c2ccccc2-c2ccccc21)C(=O)O)C(C)=O.